The number of nitrogens with one attached hydrogen (secondary N) is 2. The van der Waals surface area contributed by atoms with E-state index in [0.717, 1.165) is 4.90 Å². The number of nitrogens with zero attached hydrogens (tertiary/aromatic N) is 1. The zero-order valence-corrected chi connectivity index (χ0v) is 20.4. The Labute approximate surface area is 199 Å². The molecule has 0 bridgehead atoms. The molecule has 0 aliphatic carbocycles. The number of ether oxygens (including phenoxy) is 2. The second-order valence-electron chi connectivity index (χ2n) is 8.55. The van der Waals surface area contributed by atoms with Crippen LogP contribution < -0.4 is 14.7 Å². The van der Waals surface area contributed by atoms with Crippen molar-refractivity contribution in [1.82, 2.24) is 9.88 Å². The van der Waals surface area contributed by atoms with Crippen LogP contribution in [-0.2, 0) is 14.3 Å². The van der Waals surface area contributed by atoms with Crippen molar-refractivity contribution in [2.45, 2.75) is 26.8 Å². The molecule has 3 rings (SSSR count). The summed E-state index contributed by atoms with van der Waals surface area (Å²) in [5, 5.41) is 13.8. The molecule has 1 unspecified atom stereocenters. The fourth-order valence-electron chi connectivity index (χ4n) is 4.24. The van der Waals surface area contributed by atoms with Crippen LogP contribution in [0.4, 0.5) is 0 Å². The normalized spacial score (nSPS) is 17.5. The Morgan fingerprint density at radius 1 is 1.24 bits per heavy atom. The highest BCUT2D eigenvalue weighted by atomic mass is 16.5. The van der Waals surface area contributed by atoms with Gasteiger partial charge in [-0.15, -0.1) is 0 Å². The van der Waals surface area contributed by atoms with Gasteiger partial charge in [0.2, 0.25) is 5.78 Å². The zero-order chi connectivity index (χ0) is 25.2. The van der Waals surface area contributed by atoms with Crippen molar-refractivity contribution >= 4 is 23.4 Å². The first kappa shape index (κ1) is 25.0. The Morgan fingerprint density at radius 2 is 1.94 bits per heavy atom. The average Bonchev–Trinajstić information content (AvgIpc) is 3.24. The van der Waals surface area contributed by atoms with Crippen molar-refractivity contribution in [3.05, 3.63) is 57.9 Å². The van der Waals surface area contributed by atoms with E-state index in [0.29, 0.717) is 35.7 Å². The van der Waals surface area contributed by atoms with Gasteiger partial charge in [-0.3, -0.25) is 9.59 Å². The first-order chi connectivity index (χ1) is 16.1. The lowest BCUT2D eigenvalue weighted by atomic mass is 9.94. The van der Waals surface area contributed by atoms with Crippen LogP contribution in [-0.4, -0.2) is 68.4 Å². The van der Waals surface area contributed by atoms with E-state index in [-0.39, 0.29) is 23.4 Å². The third kappa shape index (κ3) is 4.56. The lowest BCUT2D eigenvalue weighted by Gasteiger charge is -2.28. The van der Waals surface area contributed by atoms with Crippen LogP contribution in [0.3, 0.4) is 0 Å². The summed E-state index contributed by atoms with van der Waals surface area (Å²) in [6, 6.07) is 6.14. The summed E-state index contributed by atoms with van der Waals surface area (Å²) >= 11 is 0. The summed E-state index contributed by atoms with van der Waals surface area (Å²) in [4.78, 5) is 44.0. The molecule has 2 aromatic rings. The largest absolute Gasteiger partial charge is 0.872 e. The number of aryl methyl sites for hydroxylation is 1. The molecule has 9 heteroatoms. The van der Waals surface area contributed by atoms with Crippen LogP contribution in [0.1, 0.15) is 45.8 Å². The third-order valence-corrected chi connectivity index (χ3v) is 5.94. The van der Waals surface area contributed by atoms with E-state index < -0.39 is 29.5 Å². The quantitative estimate of drug-likeness (QED) is 0.247. The van der Waals surface area contributed by atoms with E-state index >= 15 is 0 Å². The number of methoxy groups -OCH3 is 1. The van der Waals surface area contributed by atoms with Crippen LogP contribution in [0.15, 0.2) is 29.8 Å². The van der Waals surface area contributed by atoms with Crippen LogP contribution in [0, 0.1) is 13.8 Å². The van der Waals surface area contributed by atoms with E-state index in [9.17, 15) is 19.5 Å². The highest BCUT2D eigenvalue weighted by Gasteiger charge is 2.44. The number of esters is 1. The second-order valence-corrected chi connectivity index (χ2v) is 8.55. The molecule has 1 fully saturated rings. The van der Waals surface area contributed by atoms with Gasteiger partial charge in [0.1, 0.15) is 11.4 Å². The van der Waals surface area contributed by atoms with E-state index in [4.69, 9.17) is 9.47 Å². The first-order valence-corrected chi connectivity index (χ1v) is 11.2. The van der Waals surface area contributed by atoms with Crippen LogP contribution in [0.2, 0.25) is 0 Å². The topological polar surface area (TPSA) is 116 Å². The number of benzene rings is 1. The molecule has 1 amide bonds. The molecule has 34 heavy (non-hydrogen) atoms. The number of likely N-dealkylation sites (tertiary alicyclic amines) is 1. The van der Waals surface area contributed by atoms with E-state index in [1.807, 2.05) is 14.1 Å². The monoisotopic (exact) mass is 469 g/mol. The minimum absolute atomic E-state index is 0.132. The van der Waals surface area contributed by atoms with E-state index in [1.54, 1.807) is 45.0 Å². The molecule has 2 heterocycles. The first-order valence-electron chi connectivity index (χ1n) is 11.2. The van der Waals surface area contributed by atoms with Gasteiger partial charge in [0.25, 0.3) is 5.91 Å². The molecule has 182 valence electrons. The van der Waals surface area contributed by atoms with Crippen molar-refractivity contribution in [2.24, 2.45) is 0 Å². The average molecular weight is 470 g/mol. The molecule has 9 nitrogen and oxygen atoms in total. The van der Waals surface area contributed by atoms with Gasteiger partial charge in [-0.2, -0.15) is 0 Å². The number of carbonyl (C=O) groups is 3. The standard InChI is InChI=1S/C25H31N3O6/c1-7-34-25(32)20-14(2)18(15(3)26-20)22(29)19-21(16-9-8-10-17(13-16)33-6)28(12-11-27(4)5)24(31)23(19)30/h8-10,13,21,26,29H,7,11-12H2,1-6H3/b22-19+. The number of aromatic nitrogens is 1. The number of Topliss-reactive ketones (excluding diaryl/α,β-unsaturated/α-hetero) is 1. The smallest absolute Gasteiger partial charge is 0.355 e. The minimum Gasteiger partial charge on any atom is -0.872 e. The zero-order valence-electron chi connectivity index (χ0n) is 20.4. The summed E-state index contributed by atoms with van der Waals surface area (Å²) in [5.74, 6) is -2.15. The van der Waals surface area contributed by atoms with Crippen LogP contribution in [0.25, 0.3) is 5.76 Å². The Morgan fingerprint density at radius 3 is 2.56 bits per heavy atom. The molecule has 1 atom stereocenters. The molecule has 0 radical (unpaired) electrons. The number of hydrogen-bond acceptors (Lipinski definition) is 6. The molecule has 1 aromatic heterocycles. The number of quaternary nitrogens is 1. The lowest BCUT2D eigenvalue weighted by Crippen LogP contribution is -3.06. The third-order valence-electron chi connectivity index (χ3n) is 5.94. The molecule has 2 N–H and O–H groups in total. The highest BCUT2D eigenvalue weighted by Crippen LogP contribution is 2.40. The number of amides is 1. The number of ketones is 1. The fraction of sp³-hybridized carbons (Fsp3) is 0.400. The van der Waals surface area contributed by atoms with Crippen molar-refractivity contribution < 1.29 is 33.9 Å². The molecule has 0 saturated carbocycles. The Kier molecular flexibility index (Phi) is 7.46. The van der Waals surface area contributed by atoms with Crippen molar-refractivity contribution in [3.8, 4) is 5.75 Å². The van der Waals surface area contributed by atoms with Gasteiger partial charge >= 0.3 is 5.97 Å². The number of H-pyrrole nitrogens is 1. The maximum atomic E-state index is 13.8. The predicted octanol–water partition coefficient (Wildman–Crippen LogP) is 0.185. The maximum absolute atomic E-state index is 13.8. The molecule has 0 spiro atoms. The van der Waals surface area contributed by atoms with Crippen molar-refractivity contribution in [1.29, 1.82) is 0 Å². The van der Waals surface area contributed by atoms with Gasteiger partial charge in [-0.05, 0) is 49.6 Å². The summed E-state index contributed by atoms with van der Waals surface area (Å²) in [6.07, 6.45) is 0. The van der Waals surface area contributed by atoms with Gasteiger partial charge in [-0.1, -0.05) is 17.9 Å². The fourth-order valence-corrected chi connectivity index (χ4v) is 4.24. The van der Waals surface area contributed by atoms with Crippen LogP contribution in [0.5, 0.6) is 5.75 Å². The van der Waals surface area contributed by atoms with Crippen LogP contribution >= 0.6 is 0 Å². The van der Waals surface area contributed by atoms with Gasteiger partial charge in [-0.25, -0.2) is 4.79 Å². The summed E-state index contributed by atoms with van der Waals surface area (Å²) in [7, 11) is 5.42. The Hall–Kier alpha value is -3.59. The molecule has 1 aliphatic rings. The van der Waals surface area contributed by atoms with Gasteiger partial charge < -0.3 is 29.4 Å². The van der Waals surface area contributed by atoms with Gasteiger partial charge in [0, 0.05) is 11.3 Å². The SMILES string of the molecule is CCOC(=O)c1[nH]c(C)c(/C([O-])=C2\C(=O)C(=O)N(CC[NH+](C)C)C2c2cccc(OC)c2)c1C. The number of carbonyl (C=O) groups excluding carboxylic acids is 3. The van der Waals surface area contributed by atoms with Gasteiger partial charge in [0.05, 0.1) is 46.9 Å². The number of hydrogen-bond donors (Lipinski definition) is 2. The van der Waals surface area contributed by atoms with Gasteiger partial charge in [0.15, 0.2) is 0 Å². The molecular formula is C25H31N3O6. The summed E-state index contributed by atoms with van der Waals surface area (Å²) in [6.45, 7) is 6.04. The van der Waals surface area contributed by atoms with Crippen molar-refractivity contribution in [3.63, 3.8) is 0 Å². The second kappa shape index (κ2) is 10.1. The summed E-state index contributed by atoms with van der Waals surface area (Å²) < 4.78 is 10.4. The minimum atomic E-state index is -0.860. The molecular weight excluding hydrogens is 438 g/mol. The molecule has 1 aliphatic heterocycles. The van der Waals surface area contributed by atoms with E-state index in [2.05, 4.69) is 4.98 Å². The molecule has 1 aromatic carbocycles. The summed E-state index contributed by atoms with van der Waals surface area (Å²) in [5.41, 5.74) is 1.64. The lowest BCUT2D eigenvalue weighted by molar-refractivity contribution is -0.857. The Bertz CT molecular complexity index is 1150. The molecule has 1 saturated heterocycles. The highest BCUT2D eigenvalue weighted by molar-refractivity contribution is 6.46. The maximum Gasteiger partial charge on any atom is 0.355 e. The predicted molar refractivity (Wildman–Crippen MR) is 123 cm³/mol. The number of rotatable bonds is 8. The van der Waals surface area contributed by atoms with Crippen molar-refractivity contribution in [2.75, 3.05) is 40.9 Å². The Balaban J connectivity index is 2.21. The number of aromatic amines is 1. The number of likely N-dealkylation sites (N-methyl/N-ethyl adjacent to an activating group) is 1. The van der Waals surface area contributed by atoms with E-state index in [1.165, 1.54) is 12.0 Å².